The maximum atomic E-state index is 12.7. The summed E-state index contributed by atoms with van der Waals surface area (Å²) in [6.07, 6.45) is 0.414. The minimum atomic E-state index is -2.23. The first-order valence-corrected chi connectivity index (χ1v) is 11.5. The van der Waals surface area contributed by atoms with Crippen molar-refractivity contribution in [3.8, 4) is 0 Å². The molecule has 0 N–H and O–H groups in total. The van der Waals surface area contributed by atoms with E-state index in [-0.39, 0.29) is 23.6 Å². The summed E-state index contributed by atoms with van der Waals surface area (Å²) in [6, 6.07) is 31.0. The zero-order valence-corrected chi connectivity index (χ0v) is 19.6. The number of rotatable bonds is 8. The van der Waals surface area contributed by atoms with Gasteiger partial charge in [0.2, 0.25) is 5.71 Å². The highest BCUT2D eigenvalue weighted by atomic mass is 79.9. The molecule has 0 saturated heterocycles. The molecule has 0 amide bonds. The van der Waals surface area contributed by atoms with Gasteiger partial charge in [-0.25, -0.2) is 4.79 Å². The van der Waals surface area contributed by atoms with Crippen LogP contribution in [0.4, 0.5) is 0 Å². The summed E-state index contributed by atoms with van der Waals surface area (Å²) in [7, 11) is -0.777. The SMILES string of the molecule is CCOC(=O)/C(C[P+](c1ccccc1)(c1ccccc1)c1ccccc1)=N/OC.[Br-]. The molecule has 0 heterocycles. The second-order valence-electron chi connectivity index (χ2n) is 6.42. The predicted octanol–water partition coefficient (Wildman–Crippen LogP) is 0.550. The van der Waals surface area contributed by atoms with Crippen molar-refractivity contribution < 1.29 is 31.4 Å². The highest BCUT2D eigenvalue weighted by molar-refractivity contribution is 7.96. The molecule has 0 bridgehead atoms. The van der Waals surface area contributed by atoms with Crippen LogP contribution in [0.2, 0.25) is 0 Å². The molecule has 0 saturated carbocycles. The molecule has 30 heavy (non-hydrogen) atoms. The Labute approximate surface area is 189 Å². The number of carbonyl (C=O) groups excluding carboxylic acids is 1. The molecule has 0 aliphatic carbocycles. The van der Waals surface area contributed by atoms with Gasteiger partial charge in [0.05, 0.1) is 6.61 Å². The van der Waals surface area contributed by atoms with Gasteiger partial charge < -0.3 is 26.6 Å². The fraction of sp³-hybridized carbons (Fsp3) is 0.167. The van der Waals surface area contributed by atoms with E-state index in [1.807, 2.05) is 54.6 Å². The van der Waals surface area contributed by atoms with Crippen LogP contribution in [0.1, 0.15) is 6.92 Å². The van der Waals surface area contributed by atoms with Crippen molar-refractivity contribution in [1.29, 1.82) is 0 Å². The van der Waals surface area contributed by atoms with Crippen molar-refractivity contribution >= 4 is 34.9 Å². The summed E-state index contributed by atoms with van der Waals surface area (Å²) in [5.41, 5.74) is 0.291. The molecule has 4 nitrogen and oxygen atoms in total. The third kappa shape index (κ3) is 5.16. The average Bonchev–Trinajstić information content (AvgIpc) is 2.79. The van der Waals surface area contributed by atoms with Gasteiger partial charge in [-0.15, -0.1) is 0 Å². The quantitative estimate of drug-likeness (QED) is 0.202. The zero-order chi connectivity index (χ0) is 20.5. The molecule has 156 valence electrons. The van der Waals surface area contributed by atoms with Crippen molar-refractivity contribution in [1.82, 2.24) is 0 Å². The Kier molecular flexibility index (Phi) is 9.22. The number of carbonyl (C=O) groups is 1. The van der Waals surface area contributed by atoms with E-state index in [2.05, 4.69) is 41.6 Å². The molecule has 0 radical (unpaired) electrons. The Morgan fingerprint density at radius 1 is 0.800 bits per heavy atom. The summed E-state index contributed by atoms with van der Waals surface area (Å²) in [5, 5.41) is 7.59. The fourth-order valence-electron chi connectivity index (χ4n) is 3.45. The van der Waals surface area contributed by atoms with Crippen molar-refractivity contribution in [2.24, 2.45) is 5.16 Å². The van der Waals surface area contributed by atoms with Gasteiger partial charge in [-0.05, 0) is 43.3 Å². The molecule has 3 aromatic carbocycles. The van der Waals surface area contributed by atoms with Crippen LogP contribution >= 0.6 is 7.26 Å². The van der Waals surface area contributed by atoms with Gasteiger partial charge in [0.1, 0.15) is 36.4 Å². The second kappa shape index (κ2) is 11.6. The molecule has 0 atom stereocenters. The maximum Gasteiger partial charge on any atom is 0.360 e. The number of halogens is 1. The molecule has 0 aliphatic rings. The summed E-state index contributed by atoms with van der Waals surface area (Å²) in [4.78, 5) is 17.7. The van der Waals surface area contributed by atoms with Crippen LogP contribution in [0.15, 0.2) is 96.2 Å². The van der Waals surface area contributed by atoms with Crippen LogP contribution in [-0.2, 0) is 14.4 Å². The number of benzene rings is 3. The van der Waals surface area contributed by atoms with Crippen LogP contribution in [0, 0.1) is 0 Å². The molecule has 3 aromatic rings. The molecule has 0 aliphatic heterocycles. The van der Waals surface area contributed by atoms with Crippen molar-refractivity contribution in [3.63, 3.8) is 0 Å². The summed E-state index contributed by atoms with van der Waals surface area (Å²) < 4.78 is 5.28. The number of esters is 1. The van der Waals surface area contributed by atoms with Crippen LogP contribution in [-0.4, -0.2) is 31.6 Å². The maximum absolute atomic E-state index is 12.7. The van der Waals surface area contributed by atoms with E-state index in [0.717, 1.165) is 0 Å². The largest absolute Gasteiger partial charge is 1.00 e. The van der Waals surface area contributed by atoms with Crippen molar-refractivity contribution in [2.75, 3.05) is 19.9 Å². The summed E-state index contributed by atoms with van der Waals surface area (Å²) in [6.45, 7) is 2.07. The monoisotopic (exact) mass is 485 g/mol. The van der Waals surface area contributed by atoms with E-state index >= 15 is 0 Å². The normalized spacial score (nSPS) is 11.3. The molecular weight excluding hydrogens is 461 g/mol. The Balaban J connectivity index is 0.00000320. The first kappa shape index (κ1) is 23.8. The van der Waals surface area contributed by atoms with Crippen LogP contribution in [0.3, 0.4) is 0 Å². The first-order chi connectivity index (χ1) is 14.2. The molecule has 6 heteroatoms. The lowest BCUT2D eigenvalue weighted by atomic mass is 10.3. The van der Waals surface area contributed by atoms with Crippen LogP contribution in [0.25, 0.3) is 0 Å². The van der Waals surface area contributed by atoms with Crippen molar-refractivity contribution in [3.05, 3.63) is 91.0 Å². The van der Waals surface area contributed by atoms with Crippen LogP contribution < -0.4 is 32.9 Å². The Bertz CT molecular complexity index is 853. The molecule has 0 aromatic heterocycles. The van der Waals surface area contributed by atoms with Gasteiger partial charge in [-0.1, -0.05) is 59.8 Å². The minimum Gasteiger partial charge on any atom is -1.00 e. The smallest absolute Gasteiger partial charge is 0.360 e. The molecule has 3 rings (SSSR count). The van der Waals surface area contributed by atoms with Crippen molar-refractivity contribution in [2.45, 2.75) is 6.92 Å². The topological polar surface area (TPSA) is 47.9 Å². The van der Waals surface area contributed by atoms with E-state index in [4.69, 9.17) is 9.57 Å². The first-order valence-electron chi connectivity index (χ1n) is 9.54. The van der Waals surface area contributed by atoms with E-state index in [9.17, 15) is 4.79 Å². The Morgan fingerprint density at radius 2 is 1.20 bits per heavy atom. The van der Waals surface area contributed by atoms with Gasteiger partial charge in [0, 0.05) is 0 Å². The number of ether oxygens (including phenoxy) is 1. The standard InChI is InChI=1S/C24H25NO3P.BrH/c1-3-28-24(26)23(25-27-2)19-29(20-13-7-4-8-14-20,21-15-9-5-10-16-21)22-17-11-6-12-18-22;/h4-18H,3,19H2,1-2H3;1H/q+1;/p-1/b25-23+;. The van der Waals surface area contributed by atoms with Gasteiger partial charge in [0.15, 0.2) is 0 Å². The number of nitrogens with zero attached hydrogens (tertiary/aromatic N) is 1. The number of oxime groups is 1. The number of hydrogen-bond acceptors (Lipinski definition) is 4. The summed E-state index contributed by atoms with van der Waals surface area (Å²) >= 11 is 0. The lowest BCUT2D eigenvalue weighted by Gasteiger charge is -2.27. The average molecular weight is 486 g/mol. The molecular formula is C24H25BrNO3P. The van der Waals surface area contributed by atoms with Gasteiger partial charge in [-0.2, -0.15) is 0 Å². The molecule has 0 unspecified atom stereocenters. The second-order valence-corrected chi connectivity index (χ2v) is 9.90. The fourth-order valence-corrected chi connectivity index (χ4v) is 7.57. The Hall–Kier alpha value is -2.49. The Morgan fingerprint density at radius 3 is 1.53 bits per heavy atom. The lowest BCUT2D eigenvalue weighted by Crippen LogP contribution is -3.00. The van der Waals surface area contributed by atoms with E-state index < -0.39 is 13.2 Å². The lowest BCUT2D eigenvalue weighted by molar-refractivity contribution is -0.135. The minimum absolute atomic E-state index is 0. The molecule has 0 spiro atoms. The van der Waals surface area contributed by atoms with Gasteiger partial charge in [0.25, 0.3) is 0 Å². The van der Waals surface area contributed by atoms with Crippen LogP contribution in [0.5, 0.6) is 0 Å². The third-order valence-electron chi connectivity index (χ3n) is 4.69. The van der Waals surface area contributed by atoms with Gasteiger partial charge >= 0.3 is 5.97 Å². The van der Waals surface area contributed by atoms with E-state index in [1.165, 1.54) is 23.0 Å². The van der Waals surface area contributed by atoms with Gasteiger partial charge in [-0.3, -0.25) is 0 Å². The highest BCUT2D eigenvalue weighted by Crippen LogP contribution is 2.55. The third-order valence-corrected chi connectivity index (χ3v) is 9.00. The predicted molar refractivity (Wildman–Crippen MR) is 121 cm³/mol. The van der Waals surface area contributed by atoms with E-state index in [0.29, 0.717) is 11.9 Å². The number of hydrogen-bond donors (Lipinski definition) is 0. The highest BCUT2D eigenvalue weighted by Gasteiger charge is 2.48. The van der Waals surface area contributed by atoms with E-state index in [1.54, 1.807) is 6.92 Å². The zero-order valence-electron chi connectivity index (χ0n) is 17.1. The summed E-state index contributed by atoms with van der Waals surface area (Å²) in [5.74, 6) is -0.443. The molecule has 0 fully saturated rings.